The number of aliphatic hydroxyl groups excluding tert-OH is 1. The molecule has 84 valence electrons. The van der Waals surface area contributed by atoms with Gasteiger partial charge in [-0.15, -0.1) is 0 Å². The van der Waals surface area contributed by atoms with Crippen LogP contribution in [-0.2, 0) is 4.52 Å². The van der Waals surface area contributed by atoms with Gasteiger partial charge in [0.2, 0.25) is 0 Å². The highest BCUT2D eigenvalue weighted by atomic mass is 31.0. The van der Waals surface area contributed by atoms with Crippen LogP contribution in [0.15, 0.2) is 18.2 Å². The molecule has 2 atom stereocenters. The fraction of sp³-hybridized carbons (Fsp3) is 0.400. The average Bonchev–Trinajstić information content (AvgIpc) is 2.17. The smallest absolute Gasteiger partial charge is 0.0948 e. The largest absolute Gasteiger partial charge is 0.399 e. The lowest BCUT2D eigenvalue weighted by Gasteiger charge is -2.13. The van der Waals surface area contributed by atoms with E-state index in [2.05, 4.69) is 14.8 Å². The zero-order chi connectivity index (χ0) is 11.3. The van der Waals surface area contributed by atoms with Gasteiger partial charge in [0.15, 0.2) is 0 Å². The lowest BCUT2D eigenvalue weighted by Crippen LogP contribution is -2.23. The molecule has 1 rings (SSSR count). The number of anilines is 2. The molecule has 2 unspecified atom stereocenters. The van der Waals surface area contributed by atoms with E-state index in [1.807, 2.05) is 25.1 Å². The maximum absolute atomic E-state index is 9.43. The van der Waals surface area contributed by atoms with Gasteiger partial charge >= 0.3 is 0 Å². The van der Waals surface area contributed by atoms with Gasteiger partial charge in [0.1, 0.15) is 0 Å². The van der Waals surface area contributed by atoms with Gasteiger partial charge in [-0.25, -0.2) is 0 Å². The fourth-order valence-corrected chi connectivity index (χ4v) is 1.51. The highest BCUT2D eigenvalue weighted by Crippen LogP contribution is 2.17. The molecule has 15 heavy (non-hydrogen) atoms. The summed E-state index contributed by atoms with van der Waals surface area (Å²) >= 11 is 0. The number of aryl methyl sites for hydroxylation is 1. The van der Waals surface area contributed by atoms with Crippen LogP contribution in [0.25, 0.3) is 0 Å². The number of nitrogens with one attached hydrogen (secondary N) is 1. The third kappa shape index (κ3) is 4.04. The summed E-state index contributed by atoms with van der Waals surface area (Å²) in [5.41, 5.74) is 8.42. The molecule has 0 heterocycles. The molecule has 4 N–H and O–H groups in total. The second-order valence-electron chi connectivity index (χ2n) is 3.44. The van der Waals surface area contributed by atoms with Gasteiger partial charge in [-0.3, -0.25) is 0 Å². The van der Waals surface area contributed by atoms with E-state index in [0.29, 0.717) is 13.2 Å². The van der Waals surface area contributed by atoms with Gasteiger partial charge in [0.25, 0.3) is 0 Å². The lowest BCUT2D eigenvalue weighted by molar-refractivity contribution is 0.129. The summed E-state index contributed by atoms with van der Waals surface area (Å²) in [7, 11) is 2.11. The molecule has 0 spiro atoms. The number of nitrogen functional groups attached to an aromatic ring is 1. The number of hydrogen-bond donors (Lipinski definition) is 3. The van der Waals surface area contributed by atoms with E-state index in [9.17, 15) is 5.11 Å². The first-order chi connectivity index (χ1) is 7.13. The van der Waals surface area contributed by atoms with Gasteiger partial charge in [0.05, 0.1) is 12.7 Å². The van der Waals surface area contributed by atoms with Crippen LogP contribution in [0.1, 0.15) is 5.56 Å². The highest BCUT2D eigenvalue weighted by molar-refractivity contribution is 7.09. The van der Waals surface area contributed by atoms with Gasteiger partial charge in [-0.2, -0.15) is 0 Å². The van der Waals surface area contributed by atoms with Gasteiger partial charge in [-0.05, 0) is 30.7 Å². The topological polar surface area (TPSA) is 67.5 Å². The molecule has 0 aliphatic heterocycles. The van der Waals surface area contributed by atoms with Crippen LogP contribution < -0.4 is 11.1 Å². The summed E-state index contributed by atoms with van der Waals surface area (Å²) in [6.45, 7) is 2.72. The monoisotopic (exact) mass is 228 g/mol. The van der Waals surface area contributed by atoms with E-state index in [1.165, 1.54) is 0 Å². The molecule has 0 saturated carbocycles. The molecule has 1 aromatic rings. The molecule has 0 aromatic heterocycles. The van der Waals surface area contributed by atoms with Crippen LogP contribution in [0.3, 0.4) is 0 Å². The second kappa shape index (κ2) is 5.91. The molecule has 0 fully saturated rings. The molecule has 0 aliphatic carbocycles. The highest BCUT2D eigenvalue weighted by Gasteiger charge is 2.04. The molecule has 0 bridgehead atoms. The van der Waals surface area contributed by atoms with Gasteiger partial charge < -0.3 is 20.7 Å². The van der Waals surface area contributed by atoms with E-state index in [-0.39, 0.29) is 0 Å². The van der Waals surface area contributed by atoms with E-state index >= 15 is 0 Å². The molecule has 1 aromatic carbocycles. The number of benzene rings is 1. The molecule has 0 saturated heterocycles. The Bertz CT molecular complexity index is 320. The molecule has 4 nitrogen and oxygen atoms in total. The Labute approximate surface area is 92.1 Å². The second-order valence-corrected chi connectivity index (χ2v) is 3.78. The van der Waals surface area contributed by atoms with Crippen molar-refractivity contribution in [3.63, 3.8) is 0 Å². The van der Waals surface area contributed by atoms with E-state index < -0.39 is 6.10 Å². The predicted molar refractivity (Wildman–Crippen MR) is 65.7 cm³/mol. The third-order valence-corrected chi connectivity index (χ3v) is 2.26. The van der Waals surface area contributed by atoms with Crippen molar-refractivity contribution in [2.45, 2.75) is 13.0 Å². The van der Waals surface area contributed by atoms with Crippen molar-refractivity contribution in [1.29, 1.82) is 0 Å². The van der Waals surface area contributed by atoms with Crippen molar-refractivity contribution in [1.82, 2.24) is 0 Å². The van der Waals surface area contributed by atoms with Gasteiger partial charge in [0, 0.05) is 27.4 Å². The normalized spacial score (nSPS) is 12.5. The SMILES string of the molecule is Cc1cc(N)ccc1NCC(O)COP. The van der Waals surface area contributed by atoms with Crippen molar-refractivity contribution < 1.29 is 9.63 Å². The van der Waals surface area contributed by atoms with Crippen molar-refractivity contribution in [2.75, 3.05) is 24.2 Å². The van der Waals surface area contributed by atoms with Crippen molar-refractivity contribution >= 4 is 20.8 Å². The minimum Gasteiger partial charge on any atom is -0.399 e. The summed E-state index contributed by atoms with van der Waals surface area (Å²) in [6.07, 6.45) is -0.514. The molecule has 0 radical (unpaired) electrons. The van der Waals surface area contributed by atoms with Crippen LogP contribution in [0.5, 0.6) is 0 Å². The molecular formula is C10H17N2O2P. The van der Waals surface area contributed by atoms with Crippen molar-refractivity contribution in [3.8, 4) is 0 Å². The molecule has 0 aliphatic rings. The van der Waals surface area contributed by atoms with Crippen molar-refractivity contribution in [3.05, 3.63) is 23.8 Å². The van der Waals surface area contributed by atoms with E-state index in [4.69, 9.17) is 10.3 Å². The number of rotatable bonds is 5. The molecule has 0 amide bonds. The first-order valence-corrected chi connectivity index (χ1v) is 5.20. The van der Waals surface area contributed by atoms with Crippen molar-refractivity contribution in [2.24, 2.45) is 0 Å². The maximum Gasteiger partial charge on any atom is 0.0948 e. The summed E-state index contributed by atoms with van der Waals surface area (Å²) in [6, 6.07) is 5.62. The minimum absolute atomic E-state index is 0.297. The Kier molecular flexibility index (Phi) is 4.82. The summed E-state index contributed by atoms with van der Waals surface area (Å²) in [4.78, 5) is 0. The Morgan fingerprint density at radius 1 is 1.60 bits per heavy atom. The first kappa shape index (κ1) is 12.2. The van der Waals surface area contributed by atoms with Gasteiger partial charge in [-0.1, -0.05) is 0 Å². The molecular weight excluding hydrogens is 211 g/mol. The molecule has 5 heteroatoms. The van der Waals surface area contributed by atoms with Crippen LogP contribution in [0, 0.1) is 6.92 Å². The zero-order valence-corrected chi connectivity index (χ0v) is 9.89. The number of hydrogen-bond acceptors (Lipinski definition) is 4. The third-order valence-electron chi connectivity index (χ3n) is 2.07. The Balaban J connectivity index is 2.50. The average molecular weight is 228 g/mol. The summed E-state index contributed by atoms with van der Waals surface area (Å²) < 4.78 is 4.75. The minimum atomic E-state index is -0.514. The predicted octanol–water partition coefficient (Wildman–Crippen LogP) is 1.16. The van der Waals surface area contributed by atoms with Crippen LogP contribution in [0.4, 0.5) is 11.4 Å². The maximum atomic E-state index is 9.43. The Morgan fingerprint density at radius 2 is 2.33 bits per heavy atom. The Hall–Kier alpha value is -0.830. The Morgan fingerprint density at radius 3 is 2.93 bits per heavy atom. The quantitative estimate of drug-likeness (QED) is 0.522. The van der Waals surface area contributed by atoms with Crippen LogP contribution in [-0.4, -0.2) is 24.4 Å². The zero-order valence-electron chi connectivity index (χ0n) is 8.73. The number of aliphatic hydroxyl groups is 1. The summed E-state index contributed by atoms with van der Waals surface area (Å²) in [5.74, 6) is 0. The lowest BCUT2D eigenvalue weighted by atomic mass is 10.2. The van der Waals surface area contributed by atoms with E-state index in [0.717, 1.165) is 16.9 Å². The van der Waals surface area contributed by atoms with E-state index in [1.54, 1.807) is 0 Å². The number of nitrogens with two attached hydrogens (primary N) is 1. The van der Waals surface area contributed by atoms with Crippen LogP contribution >= 0.6 is 9.47 Å². The summed E-state index contributed by atoms with van der Waals surface area (Å²) in [5, 5.41) is 12.6. The fourth-order valence-electron chi connectivity index (χ4n) is 1.28. The standard InChI is InChI=1S/C10H17N2O2P/c1-7-4-8(11)2-3-10(7)12-5-9(13)6-14-15/h2-4,9,12-13H,5-6,11,15H2,1H3. The van der Waals surface area contributed by atoms with Crippen LogP contribution in [0.2, 0.25) is 0 Å². The first-order valence-electron chi connectivity index (χ1n) is 4.73.